The number of alkyl halides is 3. The number of primary amides is 1. The van der Waals surface area contributed by atoms with Gasteiger partial charge in [0.2, 0.25) is 0 Å². The Labute approximate surface area is 191 Å². The number of halogens is 4. The number of aromatic amines is 1. The predicted molar refractivity (Wildman–Crippen MR) is 118 cm³/mol. The maximum atomic E-state index is 13.5. The first-order chi connectivity index (χ1) is 15.1. The summed E-state index contributed by atoms with van der Waals surface area (Å²) in [4.78, 5) is 28.4. The van der Waals surface area contributed by atoms with Crippen LogP contribution in [0.2, 0.25) is 0 Å². The number of pyridine rings is 1. The average Bonchev–Trinajstić information content (AvgIpc) is 3.31. The topological polar surface area (TPSA) is 114 Å². The van der Waals surface area contributed by atoms with Crippen LogP contribution in [0.5, 0.6) is 0 Å². The summed E-state index contributed by atoms with van der Waals surface area (Å²) in [6, 6.07) is 7.70. The number of nitrogens with two attached hydrogens (primary N) is 1. The minimum Gasteiger partial charge on any atom is -0.365 e. The Morgan fingerprint density at radius 3 is 2.47 bits per heavy atom. The number of carbonyl (C=O) groups is 2. The number of fused-ring (bicyclic) bond motifs is 1. The molecule has 3 heterocycles. The molecule has 12 heteroatoms. The first kappa shape index (κ1) is 22.0. The molecule has 4 rings (SSSR count). The van der Waals surface area contributed by atoms with Crippen LogP contribution in [0, 0.1) is 6.92 Å². The summed E-state index contributed by atoms with van der Waals surface area (Å²) in [6.07, 6.45) is -3.35. The van der Waals surface area contributed by atoms with Gasteiger partial charge in [-0.05, 0) is 40.0 Å². The van der Waals surface area contributed by atoms with Crippen LogP contribution in [0.4, 0.5) is 18.9 Å². The Morgan fingerprint density at radius 2 is 1.91 bits per heavy atom. The lowest BCUT2D eigenvalue weighted by molar-refractivity contribution is -0.140. The van der Waals surface area contributed by atoms with Crippen molar-refractivity contribution in [2.75, 3.05) is 5.32 Å². The molecule has 1 aromatic carbocycles. The summed E-state index contributed by atoms with van der Waals surface area (Å²) >= 11 is 3.86. The van der Waals surface area contributed by atoms with Gasteiger partial charge in [-0.3, -0.25) is 14.7 Å². The number of thiophene rings is 1. The van der Waals surface area contributed by atoms with E-state index in [1.54, 1.807) is 24.3 Å². The minimum atomic E-state index is -4.71. The van der Waals surface area contributed by atoms with Crippen molar-refractivity contribution >= 4 is 55.0 Å². The molecule has 0 atom stereocenters. The first-order valence-electron chi connectivity index (χ1n) is 8.98. The fourth-order valence-corrected chi connectivity index (χ4v) is 4.48. The highest BCUT2D eigenvalue weighted by Gasteiger charge is 2.35. The van der Waals surface area contributed by atoms with Gasteiger partial charge in [-0.15, -0.1) is 11.3 Å². The monoisotopic (exact) mass is 523 g/mol. The smallest absolute Gasteiger partial charge is 0.365 e. The number of carbonyl (C=O) groups excluding carboxylic acids is 2. The van der Waals surface area contributed by atoms with Crippen molar-refractivity contribution in [1.82, 2.24) is 15.2 Å². The van der Waals surface area contributed by atoms with Crippen molar-refractivity contribution < 1.29 is 22.8 Å². The summed E-state index contributed by atoms with van der Waals surface area (Å²) < 4.78 is 41.0. The lowest BCUT2D eigenvalue weighted by Gasteiger charge is -2.12. The molecule has 0 bridgehead atoms. The fraction of sp³-hybridized carbons (Fsp3) is 0.100. The largest absolute Gasteiger partial charge is 0.433 e. The molecule has 4 N–H and O–H groups in total. The highest BCUT2D eigenvalue weighted by molar-refractivity contribution is 9.10. The number of H-pyrrole nitrogens is 1. The fourth-order valence-electron chi connectivity index (χ4n) is 3.10. The molecule has 164 valence electrons. The molecule has 7 nitrogen and oxygen atoms in total. The van der Waals surface area contributed by atoms with Crippen molar-refractivity contribution in [1.29, 1.82) is 0 Å². The molecule has 0 unspecified atom stereocenters. The van der Waals surface area contributed by atoms with Gasteiger partial charge in [-0.2, -0.15) is 18.3 Å². The zero-order chi connectivity index (χ0) is 23.2. The molecule has 32 heavy (non-hydrogen) atoms. The Morgan fingerprint density at radius 1 is 1.22 bits per heavy atom. The second-order valence-corrected chi connectivity index (χ2v) is 8.67. The Kier molecular flexibility index (Phi) is 5.51. The maximum Gasteiger partial charge on any atom is 0.433 e. The van der Waals surface area contributed by atoms with Gasteiger partial charge >= 0.3 is 6.18 Å². The van der Waals surface area contributed by atoms with E-state index < -0.39 is 23.7 Å². The van der Waals surface area contributed by atoms with E-state index in [2.05, 4.69) is 36.4 Å². The Hall–Kier alpha value is -3.25. The van der Waals surface area contributed by atoms with Crippen LogP contribution in [-0.2, 0) is 6.18 Å². The third kappa shape index (κ3) is 3.98. The molecule has 0 saturated carbocycles. The summed E-state index contributed by atoms with van der Waals surface area (Å²) in [7, 11) is 0. The van der Waals surface area contributed by atoms with Crippen LogP contribution in [-0.4, -0.2) is 27.0 Å². The number of amides is 2. The summed E-state index contributed by atoms with van der Waals surface area (Å²) in [5.74, 6) is -1.57. The standard InChI is InChI=1S/C20H13BrF3N5O2S/c1-8-2-4-9(5-3-8)10-6-12(20(22,23)24)27-19-13(10)15(16(32-19)17(25)30)28-18(31)14-11(21)7-26-29-14/h2-7H,1H3,(H2,25,30)(H,26,29)(H,28,31). The zero-order valence-corrected chi connectivity index (χ0v) is 18.6. The quantitative estimate of drug-likeness (QED) is 0.344. The van der Waals surface area contributed by atoms with Crippen LogP contribution in [0.1, 0.15) is 31.4 Å². The van der Waals surface area contributed by atoms with E-state index in [0.29, 0.717) is 21.4 Å². The molecule has 0 aliphatic heterocycles. The van der Waals surface area contributed by atoms with Gasteiger partial charge in [0, 0.05) is 5.39 Å². The lowest BCUT2D eigenvalue weighted by atomic mass is 10.00. The number of nitrogens with one attached hydrogen (secondary N) is 2. The number of aryl methyl sites for hydroxylation is 1. The number of aromatic nitrogens is 3. The van der Waals surface area contributed by atoms with Crippen LogP contribution in [0.3, 0.4) is 0 Å². The van der Waals surface area contributed by atoms with E-state index in [1.807, 2.05) is 6.92 Å². The third-order valence-corrected chi connectivity index (χ3v) is 6.30. The number of benzene rings is 1. The van der Waals surface area contributed by atoms with E-state index in [-0.39, 0.29) is 32.0 Å². The zero-order valence-electron chi connectivity index (χ0n) is 16.2. The highest BCUT2D eigenvalue weighted by atomic mass is 79.9. The van der Waals surface area contributed by atoms with Crippen molar-refractivity contribution in [3.8, 4) is 11.1 Å². The number of hydrogen-bond acceptors (Lipinski definition) is 5. The molecular formula is C20H13BrF3N5O2S. The van der Waals surface area contributed by atoms with Crippen molar-refractivity contribution in [2.24, 2.45) is 5.73 Å². The molecule has 0 aliphatic rings. The predicted octanol–water partition coefficient (Wildman–Crippen LogP) is 5.13. The summed E-state index contributed by atoms with van der Waals surface area (Å²) in [5, 5.41) is 9.03. The number of rotatable bonds is 4. The third-order valence-electron chi connectivity index (χ3n) is 4.60. The molecule has 0 radical (unpaired) electrons. The van der Waals surface area contributed by atoms with Crippen LogP contribution >= 0.6 is 27.3 Å². The van der Waals surface area contributed by atoms with Crippen molar-refractivity contribution in [3.05, 3.63) is 62.8 Å². The van der Waals surface area contributed by atoms with E-state index in [4.69, 9.17) is 5.73 Å². The van der Waals surface area contributed by atoms with Gasteiger partial charge in [-0.25, -0.2) is 4.98 Å². The van der Waals surface area contributed by atoms with Crippen molar-refractivity contribution in [3.63, 3.8) is 0 Å². The first-order valence-corrected chi connectivity index (χ1v) is 10.6. The molecule has 0 fully saturated rings. The average molecular weight is 524 g/mol. The molecule has 3 aromatic heterocycles. The van der Waals surface area contributed by atoms with Gasteiger partial charge in [0.25, 0.3) is 11.8 Å². The van der Waals surface area contributed by atoms with E-state index in [1.165, 1.54) is 6.20 Å². The summed E-state index contributed by atoms with van der Waals surface area (Å²) in [6.45, 7) is 1.84. The molecule has 0 saturated heterocycles. The van der Waals surface area contributed by atoms with Gasteiger partial charge in [0.05, 0.1) is 16.4 Å². The summed E-state index contributed by atoms with van der Waals surface area (Å²) in [5.41, 5.74) is 5.94. The second kappa shape index (κ2) is 8.02. The van der Waals surface area contributed by atoms with E-state index in [9.17, 15) is 22.8 Å². The Bertz CT molecular complexity index is 1360. The number of hydrogen-bond donors (Lipinski definition) is 3. The van der Waals surface area contributed by atoms with E-state index >= 15 is 0 Å². The van der Waals surface area contributed by atoms with Gasteiger partial charge in [0.1, 0.15) is 21.1 Å². The van der Waals surface area contributed by atoms with Crippen LogP contribution in [0.15, 0.2) is 41.0 Å². The normalized spacial score (nSPS) is 11.7. The number of anilines is 1. The molecular weight excluding hydrogens is 511 g/mol. The molecule has 0 spiro atoms. The Balaban J connectivity index is 2.00. The van der Waals surface area contributed by atoms with Crippen LogP contribution in [0.25, 0.3) is 21.3 Å². The maximum absolute atomic E-state index is 13.5. The van der Waals surface area contributed by atoms with Gasteiger partial charge < -0.3 is 11.1 Å². The molecule has 4 aromatic rings. The minimum absolute atomic E-state index is 0.0131. The van der Waals surface area contributed by atoms with Crippen LogP contribution < -0.4 is 11.1 Å². The van der Waals surface area contributed by atoms with Gasteiger partial charge in [0.15, 0.2) is 0 Å². The molecule has 2 amide bonds. The highest BCUT2D eigenvalue weighted by Crippen LogP contribution is 2.43. The van der Waals surface area contributed by atoms with Crippen molar-refractivity contribution in [2.45, 2.75) is 13.1 Å². The molecule has 0 aliphatic carbocycles. The SMILES string of the molecule is Cc1ccc(-c2cc(C(F)(F)F)nc3sc(C(N)=O)c(NC(=O)c4[nH]ncc4Br)c23)cc1. The van der Waals surface area contributed by atoms with Gasteiger partial charge in [-0.1, -0.05) is 29.8 Å². The second-order valence-electron chi connectivity index (χ2n) is 6.82. The lowest BCUT2D eigenvalue weighted by Crippen LogP contribution is -2.17. The van der Waals surface area contributed by atoms with E-state index in [0.717, 1.165) is 11.6 Å². The number of nitrogens with zero attached hydrogens (tertiary/aromatic N) is 2.